The smallest absolute Gasteiger partial charge is 0.407 e. The first-order valence-corrected chi connectivity index (χ1v) is 12.3. The molecule has 0 spiro atoms. The average Bonchev–Trinajstić information content (AvgIpc) is 3.16. The van der Waals surface area contributed by atoms with Crippen LogP contribution in [0.4, 0.5) is 4.79 Å². The summed E-state index contributed by atoms with van der Waals surface area (Å²) in [6, 6.07) is 16.2. The number of aliphatic carboxylic acids is 1. The van der Waals surface area contributed by atoms with E-state index in [-0.39, 0.29) is 55.8 Å². The molecule has 0 bridgehead atoms. The van der Waals surface area contributed by atoms with Crippen molar-refractivity contribution in [2.45, 2.75) is 52.5 Å². The van der Waals surface area contributed by atoms with Crippen LogP contribution in [0, 0.1) is 11.8 Å². The van der Waals surface area contributed by atoms with E-state index in [9.17, 15) is 19.5 Å². The Morgan fingerprint density at radius 1 is 1.00 bits per heavy atom. The SMILES string of the molecule is CCC(C)N(CC(=O)O)C(=O)CC(CNC(=O)OCC1c2ccccc2-c2ccccc21)C(C)C. The van der Waals surface area contributed by atoms with Crippen LogP contribution < -0.4 is 5.32 Å². The number of nitrogens with zero attached hydrogens (tertiary/aromatic N) is 1. The van der Waals surface area contributed by atoms with E-state index < -0.39 is 12.1 Å². The molecule has 0 heterocycles. The lowest BCUT2D eigenvalue weighted by molar-refractivity contribution is -0.146. The molecule has 35 heavy (non-hydrogen) atoms. The molecule has 1 aliphatic carbocycles. The molecule has 2 aromatic carbocycles. The summed E-state index contributed by atoms with van der Waals surface area (Å²) in [6.07, 6.45) is 0.316. The minimum atomic E-state index is -1.03. The van der Waals surface area contributed by atoms with Crippen molar-refractivity contribution in [2.24, 2.45) is 11.8 Å². The van der Waals surface area contributed by atoms with Gasteiger partial charge in [-0.05, 0) is 47.4 Å². The number of nitrogens with one attached hydrogen (secondary N) is 1. The van der Waals surface area contributed by atoms with E-state index in [2.05, 4.69) is 29.6 Å². The molecular weight excluding hydrogens is 444 g/mol. The largest absolute Gasteiger partial charge is 0.480 e. The molecule has 7 nitrogen and oxygen atoms in total. The molecule has 0 fully saturated rings. The summed E-state index contributed by atoms with van der Waals surface area (Å²) in [4.78, 5) is 38.1. The summed E-state index contributed by atoms with van der Waals surface area (Å²) in [7, 11) is 0. The number of hydrogen-bond acceptors (Lipinski definition) is 4. The molecule has 2 amide bonds. The summed E-state index contributed by atoms with van der Waals surface area (Å²) in [5, 5.41) is 12.0. The molecule has 2 aromatic rings. The lowest BCUT2D eigenvalue weighted by Crippen LogP contribution is -2.44. The van der Waals surface area contributed by atoms with E-state index in [1.54, 1.807) is 0 Å². The molecule has 0 aromatic heterocycles. The van der Waals surface area contributed by atoms with Crippen LogP contribution in [0.15, 0.2) is 48.5 Å². The molecular formula is C28H36N2O5. The van der Waals surface area contributed by atoms with Gasteiger partial charge in [0.2, 0.25) is 5.91 Å². The summed E-state index contributed by atoms with van der Waals surface area (Å²) in [6.45, 7) is 7.93. The highest BCUT2D eigenvalue weighted by Gasteiger charge is 2.30. The van der Waals surface area contributed by atoms with E-state index in [1.165, 1.54) is 16.0 Å². The number of fused-ring (bicyclic) bond motifs is 3. The fraction of sp³-hybridized carbons (Fsp3) is 0.464. The van der Waals surface area contributed by atoms with Gasteiger partial charge in [-0.15, -0.1) is 0 Å². The maximum Gasteiger partial charge on any atom is 0.407 e. The van der Waals surface area contributed by atoms with Gasteiger partial charge in [0.15, 0.2) is 0 Å². The molecule has 188 valence electrons. The Kier molecular flexibility index (Phi) is 8.90. The number of hydrogen-bond donors (Lipinski definition) is 2. The summed E-state index contributed by atoms with van der Waals surface area (Å²) in [5.41, 5.74) is 4.64. The van der Waals surface area contributed by atoms with E-state index in [0.717, 1.165) is 11.1 Å². The number of rotatable bonds is 11. The van der Waals surface area contributed by atoms with Crippen LogP contribution in [0.2, 0.25) is 0 Å². The average molecular weight is 481 g/mol. The van der Waals surface area contributed by atoms with Crippen molar-refractivity contribution >= 4 is 18.0 Å². The van der Waals surface area contributed by atoms with E-state index >= 15 is 0 Å². The highest BCUT2D eigenvalue weighted by molar-refractivity contribution is 5.82. The molecule has 0 saturated carbocycles. The molecule has 1 aliphatic rings. The Bertz CT molecular complexity index is 1010. The fourth-order valence-electron chi connectivity index (χ4n) is 4.60. The number of carboxylic acid groups (broad SMARTS) is 1. The van der Waals surface area contributed by atoms with Gasteiger partial charge in [0, 0.05) is 24.9 Å². The first kappa shape index (κ1) is 26.3. The topological polar surface area (TPSA) is 95.9 Å². The third-order valence-electron chi connectivity index (χ3n) is 6.98. The Labute approximate surface area is 207 Å². The second-order valence-corrected chi connectivity index (χ2v) is 9.59. The van der Waals surface area contributed by atoms with Crippen LogP contribution in [0.25, 0.3) is 11.1 Å². The zero-order valence-electron chi connectivity index (χ0n) is 21.0. The number of carbonyl (C=O) groups excluding carboxylic acids is 2. The van der Waals surface area contributed by atoms with Crippen LogP contribution >= 0.6 is 0 Å². The van der Waals surface area contributed by atoms with Gasteiger partial charge in [0.25, 0.3) is 0 Å². The van der Waals surface area contributed by atoms with Gasteiger partial charge in [-0.2, -0.15) is 0 Å². The van der Waals surface area contributed by atoms with E-state index in [0.29, 0.717) is 6.42 Å². The molecule has 2 atom stereocenters. The van der Waals surface area contributed by atoms with Crippen molar-refractivity contribution in [3.05, 3.63) is 59.7 Å². The number of amides is 2. The van der Waals surface area contributed by atoms with Crippen LogP contribution in [0.5, 0.6) is 0 Å². The Hall–Kier alpha value is -3.35. The lowest BCUT2D eigenvalue weighted by Gasteiger charge is -2.30. The van der Waals surface area contributed by atoms with Gasteiger partial charge < -0.3 is 20.1 Å². The molecule has 0 radical (unpaired) electrons. The number of ether oxygens (including phenoxy) is 1. The van der Waals surface area contributed by atoms with Gasteiger partial charge in [0.05, 0.1) is 0 Å². The van der Waals surface area contributed by atoms with Crippen molar-refractivity contribution in [1.29, 1.82) is 0 Å². The summed E-state index contributed by atoms with van der Waals surface area (Å²) in [5.74, 6) is -1.28. The van der Waals surface area contributed by atoms with Crippen molar-refractivity contribution in [3.63, 3.8) is 0 Å². The first-order chi connectivity index (χ1) is 16.7. The normalized spacial score (nSPS) is 14.1. The number of carboxylic acids is 1. The van der Waals surface area contributed by atoms with E-state index in [4.69, 9.17) is 4.74 Å². The first-order valence-electron chi connectivity index (χ1n) is 12.3. The van der Waals surface area contributed by atoms with Gasteiger partial charge in [-0.1, -0.05) is 69.3 Å². The third-order valence-corrected chi connectivity index (χ3v) is 6.98. The number of alkyl carbamates (subject to hydrolysis) is 1. The molecule has 3 rings (SSSR count). The number of carbonyl (C=O) groups is 3. The minimum Gasteiger partial charge on any atom is -0.480 e. The van der Waals surface area contributed by atoms with Gasteiger partial charge >= 0.3 is 12.1 Å². The van der Waals surface area contributed by atoms with Crippen molar-refractivity contribution in [2.75, 3.05) is 19.7 Å². The van der Waals surface area contributed by atoms with Crippen molar-refractivity contribution < 1.29 is 24.2 Å². The second kappa shape index (κ2) is 11.9. The van der Waals surface area contributed by atoms with Crippen LogP contribution in [-0.4, -0.2) is 53.7 Å². The third kappa shape index (κ3) is 6.41. The van der Waals surface area contributed by atoms with Crippen molar-refractivity contribution in [1.82, 2.24) is 10.2 Å². The predicted octanol–water partition coefficient (Wildman–Crippen LogP) is 4.90. The Balaban J connectivity index is 1.58. The quantitative estimate of drug-likeness (QED) is 0.477. The van der Waals surface area contributed by atoms with E-state index in [1.807, 2.05) is 52.0 Å². The summed E-state index contributed by atoms with van der Waals surface area (Å²) < 4.78 is 5.61. The monoisotopic (exact) mass is 480 g/mol. The zero-order valence-corrected chi connectivity index (χ0v) is 21.0. The Morgan fingerprint density at radius 3 is 2.09 bits per heavy atom. The molecule has 2 N–H and O–H groups in total. The van der Waals surface area contributed by atoms with Gasteiger partial charge in [-0.25, -0.2) is 4.79 Å². The van der Waals surface area contributed by atoms with Gasteiger partial charge in [0.1, 0.15) is 13.2 Å². The highest BCUT2D eigenvalue weighted by Crippen LogP contribution is 2.44. The second-order valence-electron chi connectivity index (χ2n) is 9.59. The van der Waals surface area contributed by atoms with Crippen LogP contribution in [-0.2, 0) is 14.3 Å². The van der Waals surface area contributed by atoms with Gasteiger partial charge in [-0.3, -0.25) is 9.59 Å². The maximum absolute atomic E-state index is 12.9. The highest BCUT2D eigenvalue weighted by atomic mass is 16.5. The molecule has 0 saturated heterocycles. The lowest BCUT2D eigenvalue weighted by atomic mass is 9.91. The fourth-order valence-corrected chi connectivity index (χ4v) is 4.60. The zero-order chi connectivity index (χ0) is 25.5. The molecule has 7 heteroatoms. The number of benzene rings is 2. The van der Waals surface area contributed by atoms with Crippen LogP contribution in [0.1, 0.15) is 57.6 Å². The molecule has 0 aliphatic heterocycles. The van der Waals surface area contributed by atoms with Crippen LogP contribution in [0.3, 0.4) is 0 Å². The molecule has 2 unspecified atom stereocenters. The Morgan fingerprint density at radius 2 is 1.57 bits per heavy atom. The minimum absolute atomic E-state index is 0.0178. The maximum atomic E-state index is 12.9. The predicted molar refractivity (Wildman–Crippen MR) is 135 cm³/mol. The summed E-state index contributed by atoms with van der Waals surface area (Å²) >= 11 is 0. The standard InChI is InChI=1S/C28H36N2O5/c1-5-19(4)30(16-27(32)33)26(31)14-20(18(2)3)15-29-28(34)35-17-25-23-12-8-6-10-21(23)22-11-7-9-13-24(22)25/h6-13,18-20,25H,5,14-17H2,1-4H3,(H,29,34)(H,32,33). The van der Waals surface area contributed by atoms with Crippen molar-refractivity contribution in [3.8, 4) is 11.1 Å².